The summed E-state index contributed by atoms with van der Waals surface area (Å²) in [7, 11) is -5.24. The van der Waals surface area contributed by atoms with Crippen LogP contribution in [-0.2, 0) is 33.6 Å². The zero-order valence-electron chi connectivity index (χ0n) is 19.7. The van der Waals surface area contributed by atoms with Gasteiger partial charge in [0, 0.05) is 31.4 Å². The third-order valence-electron chi connectivity index (χ3n) is 6.29. The van der Waals surface area contributed by atoms with Crippen molar-refractivity contribution in [2.24, 2.45) is 0 Å². The summed E-state index contributed by atoms with van der Waals surface area (Å²) in [5, 5.41) is 0.0896. The first-order valence-corrected chi connectivity index (χ1v) is 14.8. The summed E-state index contributed by atoms with van der Waals surface area (Å²) in [6, 6.07) is 4.52. The van der Waals surface area contributed by atoms with Crippen molar-refractivity contribution in [3.63, 3.8) is 0 Å². The number of ether oxygens (including phenoxy) is 2. The maximum absolute atomic E-state index is 13.0. The van der Waals surface area contributed by atoms with E-state index in [2.05, 4.69) is 38.0 Å². The number of halogens is 4. The van der Waals surface area contributed by atoms with Crippen LogP contribution in [-0.4, -0.2) is 49.4 Å². The second-order valence-corrected chi connectivity index (χ2v) is 16.2. The van der Waals surface area contributed by atoms with Crippen molar-refractivity contribution in [3.05, 3.63) is 40.4 Å². The summed E-state index contributed by atoms with van der Waals surface area (Å²) in [5.74, 6) is -0.460. The number of alkyl halides is 3. The van der Waals surface area contributed by atoms with E-state index in [1.165, 1.54) is 26.4 Å². The number of hydrogen-bond donors (Lipinski definition) is 0. The monoisotopic (exact) mass is 530 g/mol. The molecule has 0 unspecified atom stereocenters. The Morgan fingerprint density at radius 2 is 1.73 bits per heavy atom. The van der Waals surface area contributed by atoms with E-state index in [-0.39, 0.29) is 28.7 Å². The van der Waals surface area contributed by atoms with E-state index in [9.17, 15) is 21.6 Å². The normalized spacial score (nSPS) is 19.9. The van der Waals surface area contributed by atoms with Gasteiger partial charge in [-0.05, 0) is 48.3 Å². The van der Waals surface area contributed by atoms with E-state index in [1.54, 1.807) is 12.1 Å². The highest BCUT2D eigenvalue weighted by atomic mass is 35.5. The van der Waals surface area contributed by atoms with Crippen LogP contribution in [0.5, 0.6) is 0 Å². The Morgan fingerprint density at radius 3 is 2.21 bits per heavy atom. The van der Waals surface area contributed by atoms with Gasteiger partial charge < -0.3 is 18.1 Å². The zero-order valence-corrected chi connectivity index (χ0v) is 22.2. The van der Waals surface area contributed by atoms with E-state index in [0.29, 0.717) is 5.56 Å². The number of fused-ring (bicyclic) bond motifs is 1. The van der Waals surface area contributed by atoms with Gasteiger partial charge in [0.05, 0.1) is 5.41 Å². The van der Waals surface area contributed by atoms with Gasteiger partial charge >= 0.3 is 15.6 Å². The molecule has 1 aliphatic carbocycles. The van der Waals surface area contributed by atoms with Gasteiger partial charge in [-0.3, -0.25) is 0 Å². The molecule has 0 bridgehead atoms. The van der Waals surface area contributed by atoms with Crippen LogP contribution in [0.3, 0.4) is 0 Å². The van der Waals surface area contributed by atoms with Crippen molar-refractivity contribution in [3.8, 4) is 0 Å². The van der Waals surface area contributed by atoms with Crippen molar-refractivity contribution < 1.29 is 39.7 Å². The van der Waals surface area contributed by atoms with Gasteiger partial charge in [0.15, 0.2) is 14.6 Å². The van der Waals surface area contributed by atoms with E-state index in [0.717, 1.165) is 0 Å². The van der Waals surface area contributed by atoms with E-state index >= 15 is 0 Å². The molecule has 0 saturated heterocycles. The molecule has 0 aromatic heterocycles. The molecule has 0 radical (unpaired) electrons. The Kier molecular flexibility index (Phi) is 8.10. The maximum Gasteiger partial charge on any atom is 0.534 e. The zero-order chi connectivity index (χ0) is 25.5. The van der Waals surface area contributed by atoms with Crippen LogP contribution in [0, 0.1) is 0 Å². The van der Waals surface area contributed by atoms with Crippen LogP contribution in [0.2, 0.25) is 23.2 Å². The van der Waals surface area contributed by atoms with Crippen molar-refractivity contribution in [1.29, 1.82) is 0 Å². The first-order valence-electron chi connectivity index (χ1n) is 10.1. The lowest BCUT2D eigenvalue weighted by molar-refractivity contribution is -0.159. The fraction of sp³-hybridized carbons (Fsp3) is 0.619. The van der Waals surface area contributed by atoms with Crippen LogP contribution in [0.15, 0.2) is 24.3 Å². The molecule has 12 heteroatoms. The summed E-state index contributed by atoms with van der Waals surface area (Å²) in [5.41, 5.74) is -6.02. The fourth-order valence-electron chi connectivity index (χ4n) is 3.39. The molecule has 2 rings (SSSR count). The van der Waals surface area contributed by atoms with Gasteiger partial charge in [-0.1, -0.05) is 38.4 Å². The SMILES string of the molecule is COC(OC)[C@]1(CO[Si](C)(C)C(C)(C)C)CC=C(OS(=O)(=O)C(F)(F)F)c2cc(Cl)ccc21. The van der Waals surface area contributed by atoms with Gasteiger partial charge in [0.1, 0.15) is 5.76 Å². The molecule has 33 heavy (non-hydrogen) atoms. The summed E-state index contributed by atoms with van der Waals surface area (Å²) in [4.78, 5) is 0. The lowest BCUT2D eigenvalue weighted by atomic mass is 9.72. The van der Waals surface area contributed by atoms with Crippen LogP contribution in [0.25, 0.3) is 5.76 Å². The molecule has 0 amide bonds. The topological polar surface area (TPSA) is 71.1 Å². The lowest BCUT2D eigenvalue weighted by Gasteiger charge is -2.45. The molecule has 1 aliphatic rings. The lowest BCUT2D eigenvalue weighted by Crippen LogP contribution is -2.51. The molecule has 0 saturated carbocycles. The molecule has 1 atom stereocenters. The number of allylic oxidation sites excluding steroid dienone is 1. The van der Waals surface area contributed by atoms with Gasteiger partial charge in [-0.15, -0.1) is 0 Å². The van der Waals surface area contributed by atoms with Crippen LogP contribution in [0.1, 0.15) is 38.3 Å². The first kappa shape index (κ1) is 28.1. The summed E-state index contributed by atoms with van der Waals surface area (Å²) in [6.07, 6.45) is 0.479. The first-order chi connectivity index (χ1) is 14.9. The van der Waals surface area contributed by atoms with Gasteiger partial charge in [-0.25, -0.2) is 0 Å². The second kappa shape index (κ2) is 9.50. The number of methoxy groups -OCH3 is 2. The molecule has 0 fully saturated rings. The van der Waals surface area contributed by atoms with Gasteiger partial charge in [-0.2, -0.15) is 21.6 Å². The molecule has 0 aliphatic heterocycles. The Balaban J connectivity index is 2.64. The Labute approximate surface area is 199 Å². The summed E-state index contributed by atoms with van der Waals surface area (Å²) < 4.78 is 84.5. The average Bonchev–Trinajstić information content (AvgIpc) is 2.67. The van der Waals surface area contributed by atoms with Crippen molar-refractivity contribution in [2.45, 2.75) is 62.5 Å². The number of rotatable bonds is 8. The molecular weight excluding hydrogens is 501 g/mol. The van der Waals surface area contributed by atoms with Crippen molar-refractivity contribution in [1.82, 2.24) is 0 Å². The van der Waals surface area contributed by atoms with Crippen LogP contribution >= 0.6 is 11.6 Å². The van der Waals surface area contributed by atoms with Gasteiger partial charge in [0.2, 0.25) is 0 Å². The van der Waals surface area contributed by atoms with Crippen LogP contribution < -0.4 is 0 Å². The fourth-order valence-corrected chi connectivity index (χ4v) is 5.11. The summed E-state index contributed by atoms with van der Waals surface area (Å²) >= 11 is 6.11. The minimum absolute atomic E-state index is 0.0469. The van der Waals surface area contributed by atoms with Crippen LogP contribution in [0.4, 0.5) is 13.2 Å². The quantitative estimate of drug-likeness (QED) is 0.182. The Bertz CT molecular complexity index is 1000. The molecule has 6 nitrogen and oxygen atoms in total. The summed E-state index contributed by atoms with van der Waals surface area (Å²) in [6.45, 7) is 10.5. The molecule has 1 aromatic carbocycles. The van der Waals surface area contributed by atoms with Crippen molar-refractivity contribution >= 4 is 35.8 Å². The van der Waals surface area contributed by atoms with E-state index < -0.39 is 41.4 Å². The largest absolute Gasteiger partial charge is 0.534 e. The molecule has 0 heterocycles. The average molecular weight is 531 g/mol. The van der Waals surface area contributed by atoms with Gasteiger partial charge in [0.25, 0.3) is 0 Å². The predicted molar refractivity (Wildman–Crippen MR) is 123 cm³/mol. The minimum atomic E-state index is -5.87. The number of benzene rings is 1. The van der Waals surface area contributed by atoms with E-state index in [1.807, 2.05) is 0 Å². The predicted octanol–water partition coefficient (Wildman–Crippen LogP) is 5.83. The maximum atomic E-state index is 13.0. The third kappa shape index (κ3) is 5.59. The highest BCUT2D eigenvalue weighted by Gasteiger charge is 2.52. The molecule has 0 spiro atoms. The van der Waals surface area contributed by atoms with Crippen molar-refractivity contribution in [2.75, 3.05) is 20.8 Å². The molecule has 0 N–H and O–H groups in total. The standard InChI is InChI=1S/C21H30ClF3O6SSi/c1-19(2,3)33(6,7)30-13-20(18(28-4)29-5)11-10-17(31-32(26,27)21(23,24)25)15-12-14(22)8-9-16(15)20/h8-10,12,18H,11,13H2,1-7H3/t20-/m0/s1. The molecular formula is C21H30ClF3O6SSi. The number of hydrogen-bond acceptors (Lipinski definition) is 6. The Hall–Kier alpha value is -1.11. The Morgan fingerprint density at radius 1 is 1.15 bits per heavy atom. The smallest absolute Gasteiger partial charge is 0.416 e. The molecule has 188 valence electrons. The minimum Gasteiger partial charge on any atom is -0.416 e. The highest BCUT2D eigenvalue weighted by Crippen LogP contribution is 2.47. The third-order valence-corrected chi connectivity index (χ3v) is 12.0. The highest BCUT2D eigenvalue weighted by molar-refractivity contribution is 7.87. The molecule has 1 aromatic rings. The second-order valence-electron chi connectivity index (χ2n) is 9.45. The van der Waals surface area contributed by atoms with E-state index in [4.69, 9.17) is 25.5 Å².